The molecular formula is C12H10BrF3N2O. The number of hydrazine groups is 1. The fourth-order valence-electron chi connectivity index (χ4n) is 1.70. The Morgan fingerprint density at radius 2 is 1.79 bits per heavy atom. The minimum Gasteiger partial charge on any atom is -0.466 e. The average Bonchev–Trinajstić information content (AvgIpc) is 2.76. The highest BCUT2D eigenvalue weighted by atomic mass is 79.9. The number of hydrogen-bond acceptors (Lipinski definition) is 3. The summed E-state index contributed by atoms with van der Waals surface area (Å²) in [7, 11) is 0. The third kappa shape index (κ3) is 2.99. The van der Waals surface area contributed by atoms with E-state index in [4.69, 9.17) is 10.3 Å². The molecule has 0 radical (unpaired) electrons. The van der Waals surface area contributed by atoms with E-state index in [-0.39, 0.29) is 0 Å². The van der Waals surface area contributed by atoms with Gasteiger partial charge in [0.25, 0.3) is 0 Å². The molecule has 1 atom stereocenters. The Balaban J connectivity index is 2.33. The van der Waals surface area contributed by atoms with E-state index < -0.39 is 17.8 Å². The Morgan fingerprint density at radius 1 is 1.16 bits per heavy atom. The molecule has 19 heavy (non-hydrogen) atoms. The predicted octanol–water partition coefficient (Wildman–Crippen LogP) is 3.61. The van der Waals surface area contributed by atoms with Crippen molar-refractivity contribution in [3.63, 3.8) is 0 Å². The predicted molar refractivity (Wildman–Crippen MR) is 67.0 cm³/mol. The molecule has 0 spiro atoms. The maximum Gasteiger partial charge on any atom is 0.416 e. The second-order valence-electron chi connectivity index (χ2n) is 3.85. The molecule has 3 N–H and O–H groups in total. The van der Waals surface area contributed by atoms with Gasteiger partial charge in [-0.1, -0.05) is 12.1 Å². The van der Waals surface area contributed by atoms with Crippen molar-refractivity contribution in [1.82, 2.24) is 5.43 Å². The van der Waals surface area contributed by atoms with Gasteiger partial charge in [-0.25, -0.2) is 5.43 Å². The summed E-state index contributed by atoms with van der Waals surface area (Å²) in [5.74, 6) is 5.94. The normalized spacial score (nSPS) is 13.5. The summed E-state index contributed by atoms with van der Waals surface area (Å²) in [6.07, 6.45) is -2.89. The number of benzene rings is 1. The van der Waals surface area contributed by atoms with Gasteiger partial charge in [0.2, 0.25) is 0 Å². The van der Waals surface area contributed by atoms with Crippen LogP contribution in [0.3, 0.4) is 0 Å². The fourth-order valence-corrected chi connectivity index (χ4v) is 2.13. The van der Waals surface area contributed by atoms with Crippen molar-refractivity contribution in [3.05, 3.63) is 58.0 Å². The SMILES string of the molecule is NNC(c1ccc(C(F)(F)F)cc1)c1occc1Br. The maximum atomic E-state index is 12.5. The Hall–Kier alpha value is -1.31. The van der Waals surface area contributed by atoms with Gasteiger partial charge in [-0.05, 0) is 39.7 Å². The molecule has 0 aliphatic rings. The monoisotopic (exact) mass is 334 g/mol. The third-order valence-electron chi connectivity index (χ3n) is 2.64. The second-order valence-corrected chi connectivity index (χ2v) is 4.71. The van der Waals surface area contributed by atoms with Gasteiger partial charge in [0.1, 0.15) is 11.8 Å². The van der Waals surface area contributed by atoms with E-state index in [2.05, 4.69) is 21.4 Å². The zero-order valence-corrected chi connectivity index (χ0v) is 11.1. The summed E-state index contributed by atoms with van der Waals surface area (Å²) in [6, 6.07) is 5.91. The van der Waals surface area contributed by atoms with Crippen molar-refractivity contribution in [2.45, 2.75) is 12.2 Å². The van der Waals surface area contributed by atoms with Gasteiger partial charge in [0.05, 0.1) is 16.3 Å². The number of hydrogen-bond donors (Lipinski definition) is 2. The topological polar surface area (TPSA) is 51.2 Å². The van der Waals surface area contributed by atoms with Gasteiger partial charge < -0.3 is 4.42 Å². The zero-order valence-electron chi connectivity index (χ0n) is 9.54. The van der Waals surface area contributed by atoms with E-state index in [1.54, 1.807) is 6.07 Å². The Kier molecular flexibility index (Phi) is 3.98. The van der Waals surface area contributed by atoms with Crippen LogP contribution in [-0.4, -0.2) is 0 Å². The van der Waals surface area contributed by atoms with Crippen LogP contribution in [0.15, 0.2) is 45.5 Å². The van der Waals surface area contributed by atoms with Crippen molar-refractivity contribution in [2.24, 2.45) is 5.84 Å². The quantitative estimate of drug-likeness (QED) is 0.665. The molecule has 2 rings (SSSR count). The summed E-state index contributed by atoms with van der Waals surface area (Å²) in [5.41, 5.74) is 2.39. The largest absolute Gasteiger partial charge is 0.466 e. The summed E-state index contributed by atoms with van der Waals surface area (Å²) < 4.78 is 43.4. The van der Waals surface area contributed by atoms with Crippen LogP contribution in [0.2, 0.25) is 0 Å². The maximum absolute atomic E-state index is 12.5. The van der Waals surface area contributed by atoms with Crippen LogP contribution >= 0.6 is 15.9 Å². The molecule has 7 heteroatoms. The Bertz CT molecular complexity index is 551. The smallest absolute Gasteiger partial charge is 0.416 e. The summed E-state index contributed by atoms with van der Waals surface area (Å²) in [6.45, 7) is 0. The van der Waals surface area contributed by atoms with Gasteiger partial charge in [0, 0.05) is 0 Å². The van der Waals surface area contributed by atoms with Crippen LogP contribution in [0.25, 0.3) is 0 Å². The molecule has 0 bridgehead atoms. The molecule has 1 aromatic carbocycles. The molecular weight excluding hydrogens is 325 g/mol. The highest BCUT2D eigenvalue weighted by Gasteiger charge is 2.30. The summed E-state index contributed by atoms with van der Waals surface area (Å²) in [4.78, 5) is 0. The van der Waals surface area contributed by atoms with Gasteiger partial charge >= 0.3 is 6.18 Å². The fraction of sp³-hybridized carbons (Fsp3) is 0.167. The van der Waals surface area contributed by atoms with Crippen molar-refractivity contribution < 1.29 is 17.6 Å². The van der Waals surface area contributed by atoms with Crippen LogP contribution in [0, 0.1) is 0 Å². The van der Waals surface area contributed by atoms with E-state index in [0.29, 0.717) is 15.8 Å². The summed E-state index contributed by atoms with van der Waals surface area (Å²) >= 11 is 3.28. The minimum absolute atomic E-state index is 0.502. The number of furan rings is 1. The molecule has 1 unspecified atom stereocenters. The first kappa shape index (κ1) is 14.1. The number of halogens is 4. The van der Waals surface area contributed by atoms with Crippen molar-refractivity contribution in [1.29, 1.82) is 0 Å². The molecule has 2 aromatic rings. The van der Waals surface area contributed by atoms with Crippen LogP contribution in [0.1, 0.15) is 22.9 Å². The number of rotatable bonds is 3. The lowest BCUT2D eigenvalue weighted by molar-refractivity contribution is -0.137. The van der Waals surface area contributed by atoms with E-state index in [0.717, 1.165) is 12.1 Å². The number of nitrogens with two attached hydrogens (primary N) is 1. The van der Waals surface area contributed by atoms with Crippen LogP contribution in [0.4, 0.5) is 13.2 Å². The van der Waals surface area contributed by atoms with Gasteiger partial charge in [-0.15, -0.1) is 0 Å². The molecule has 0 fully saturated rings. The highest BCUT2D eigenvalue weighted by Crippen LogP contribution is 2.32. The van der Waals surface area contributed by atoms with Crippen LogP contribution in [0.5, 0.6) is 0 Å². The minimum atomic E-state index is -4.35. The molecule has 3 nitrogen and oxygen atoms in total. The molecule has 1 aromatic heterocycles. The molecule has 0 saturated heterocycles. The first-order valence-electron chi connectivity index (χ1n) is 5.29. The molecule has 0 amide bonds. The van der Waals surface area contributed by atoms with E-state index in [1.165, 1.54) is 18.4 Å². The van der Waals surface area contributed by atoms with E-state index in [1.807, 2.05) is 0 Å². The van der Waals surface area contributed by atoms with E-state index in [9.17, 15) is 13.2 Å². The standard InChI is InChI=1S/C12H10BrF3N2O/c13-9-5-6-19-11(9)10(18-17)7-1-3-8(4-2-7)12(14,15)16/h1-6,10,18H,17H2. The lowest BCUT2D eigenvalue weighted by Gasteiger charge is -2.15. The Labute approximate surface area is 115 Å². The second kappa shape index (κ2) is 5.36. The van der Waals surface area contributed by atoms with Crippen LogP contribution in [-0.2, 0) is 6.18 Å². The molecule has 1 heterocycles. The molecule has 0 saturated carbocycles. The lowest BCUT2D eigenvalue weighted by atomic mass is 10.0. The first-order valence-corrected chi connectivity index (χ1v) is 6.09. The number of nitrogens with one attached hydrogen (secondary N) is 1. The molecule has 102 valence electrons. The zero-order chi connectivity index (χ0) is 14.0. The third-order valence-corrected chi connectivity index (χ3v) is 3.30. The van der Waals surface area contributed by atoms with Gasteiger partial charge in [-0.3, -0.25) is 5.84 Å². The first-order chi connectivity index (χ1) is 8.93. The average molecular weight is 335 g/mol. The van der Waals surface area contributed by atoms with Crippen LogP contribution < -0.4 is 11.3 Å². The lowest BCUT2D eigenvalue weighted by Crippen LogP contribution is -2.28. The van der Waals surface area contributed by atoms with Gasteiger partial charge in [0.15, 0.2) is 0 Å². The number of alkyl halides is 3. The molecule has 0 aliphatic carbocycles. The summed E-state index contributed by atoms with van der Waals surface area (Å²) in [5, 5.41) is 0. The highest BCUT2D eigenvalue weighted by molar-refractivity contribution is 9.10. The van der Waals surface area contributed by atoms with Crippen molar-refractivity contribution in [2.75, 3.05) is 0 Å². The van der Waals surface area contributed by atoms with E-state index >= 15 is 0 Å². The van der Waals surface area contributed by atoms with Crippen molar-refractivity contribution in [3.8, 4) is 0 Å². The van der Waals surface area contributed by atoms with Gasteiger partial charge in [-0.2, -0.15) is 13.2 Å². The van der Waals surface area contributed by atoms with Crippen molar-refractivity contribution >= 4 is 15.9 Å². The Morgan fingerprint density at radius 3 is 2.21 bits per heavy atom. The molecule has 0 aliphatic heterocycles.